The first-order chi connectivity index (χ1) is 21.5. The molecule has 0 aliphatic rings. The molecule has 8 nitrogen and oxygen atoms in total. The lowest BCUT2D eigenvalue weighted by molar-refractivity contribution is -0.0379. The number of hydrogen-bond donors (Lipinski definition) is 0. The molecule has 0 saturated carbocycles. The van der Waals surface area contributed by atoms with Gasteiger partial charge in [0.2, 0.25) is 0 Å². The standard InChI is InChI=1S/C35H41ClN4O4Si/c1-34(2,3)45(6,7)44-30(21-40-24-39-31-32(36)37-23-38-33(31)40)22-43-35(25-11-9-8-10-12-25,26-13-17-28(41-4)18-14-26)27-15-19-29(42-5)20-16-27/h8-20,23-24,30H,21-22H2,1-7H3/t30-/m0/s1. The minimum atomic E-state index is -2.24. The second kappa shape index (κ2) is 13.3. The summed E-state index contributed by atoms with van der Waals surface area (Å²) in [5.74, 6) is 1.53. The Morgan fingerprint density at radius 1 is 0.778 bits per heavy atom. The number of methoxy groups -OCH3 is 2. The molecule has 0 spiro atoms. The molecule has 0 amide bonds. The lowest BCUT2D eigenvalue weighted by Crippen LogP contribution is -2.47. The van der Waals surface area contributed by atoms with Crippen LogP contribution in [0.3, 0.4) is 0 Å². The molecule has 3 aromatic carbocycles. The summed E-state index contributed by atoms with van der Waals surface area (Å²) in [6.45, 7) is 12.0. The molecule has 0 aliphatic heterocycles. The fraction of sp³-hybridized carbons (Fsp3) is 0.343. The summed E-state index contributed by atoms with van der Waals surface area (Å²) < 4.78 is 27.3. The zero-order valence-corrected chi connectivity index (χ0v) is 28.7. The number of nitrogens with zero attached hydrogens (tertiary/aromatic N) is 4. The van der Waals surface area contributed by atoms with Crippen LogP contribution in [0.15, 0.2) is 91.5 Å². The Morgan fingerprint density at radius 2 is 1.33 bits per heavy atom. The number of benzene rings is 3. The first kappa shape index (κ1) is 32.6. The maximum Gasteiger partial charge on any atom is 0.192 e. The first-order valence-corrected chi connectivity index (χ1v) is 18.2. The molecule has 0 bridgehead atoms. The van der Waals surface area contributed by atoms with Crippen molar-refractivity contribution in [3.63, 3.8) is 0 Å². The van der Waals surface area contributed by atoms with Gasteiger partial charge >= 0.3 is 0 Å². The summed E-state index contributed by atoms with van der Waals surface area (Å²) in [6.07, 6.45) is 2.86. The maximum absolute atomic E-state index is 7.26. The SMILES string of the molecule is COc1ccc(C(OC[C@H](Cn2cnc3c(Cl)ncnc32)O[Si](C)(C)C(C)(C)C)(c2ccccc2)c2ccc(OC)cc2)cc1. The van der Waals surface area contributed by atoms with Gasteiger partial charge in [0.1, 0.15) is 28.9 Å². The van der Waals surface area contributed by atoms with Crippen molar-refractivity contribution < 1.29 is 18.6 Å². The summed E-state index contributed by atoms with van der Waals surface area (Å²) in [5.41, 5.74) is 3.13. The van der Waals surface area contributed by atoms with Crippen molar-refractivity contribution in [1.82, 2.24) is 19.5 Å². The lowest BCUT2D eigenvalue weighted by Gasteiger charge is -2.41. The Hall–Kier alpha value is -3.76. The van der Waals surface area contributed by atoms with Crippen LogP contribution in [0.2, 0.25) is 23.3 Å². The fourth-order valence-corrected chi connectivity index (χ4v) is 6.72. The molecule has 5 aromatic rings. The molecule has 0 fully saturated rings. The molecule has 0 radical (unpaired) electrons. The van der Waals surface area contributed by atoms with Gasteiger partial charge in [-0.3, -0.25) is 0 Å². The van der Waals surface area contributed by atoms with Crippen molar-refractivity contribution in [2.24, 2.45) is 0 Å². The van der Waals surface area contributed by atoms with Gasteiger partial charge in [0, 0.05) is 0 Å². The number of fused-ring (bicyclic) bond motifs is 1. The highest BCUT2D eigenvalue weighted by molar-refractivity contribution is 6.74. The molecule has 0 saturated heterocycles. The maximum atomic E-state index is 7.26. The molecular weight excluding hydrogens is 604 g/mol. The number of imidazole rings is 1. The van der Waals surface area contributed by atoms with Gasteiger partial charge in [0.15, 0.2) is 19.1 Å². The third-order valence-corrected chi connectivity index (χ3v) is 13.5. The average molecular weight is 645 g/mol. The van der Waals surface area contributed by atoms with Crippen LogP contribution in [-0.4, -0.2) is 54.8 Å². The van der Waals surface area contributed by atoms with Crippen molar-refractivity contribution in [3.8, 4) is 11.5 Å². The van der Waals surface area contributed by atoms with E-state index in [0.717, 1.165) is 28.2 Å². The highest BCUT2D eigenvalue weighted by Crippen LogP contribution is 2.43. The molecular formula is C35H41ClN4O4Si. The van der Waals surface area contributed by atoms with Crippen LogP contribution in [0.1, 0.15) is 37.5 Å². The number of aromatic nitrogens is 4. The molecule has 5 rings (SSSR count). The van der Waals surface area contributed by atoms with E-state index in [2.05, 4.69) is 85.2 Å². The third-order valence-electron chi connectivity index (χ3n) is 8.68. The summed E-state index contributed by atoms with van der Waals surface area (Å²) in [6, 6.07) is 26.4. The highest BCUT2D eigenvalue weighted by atomic mass is 35.5. The predicted octanol–water partition coefficient (Wildman–Crippen LogP) is 7.90. The quantitative estimate of drug-likeness (QED) is 0.0776. The number of halogens is 1. The van der Waals surface area contributed by atoms with Crippen molar-refractivity contribution in [3.05, 3.63) is 113 Å². The second-order valence-electron chi connectivity index (χ2n) is 12.5. The van der Waals surface area contributed by atoms with Crippen LogP contribution < -0.4 is 9.47 Å². The van der Waals surface area contributed by atoms with Crippen LogP contribution in [0.5, 0.6) is 11.5 Å². The van der Waals surface area contributed by atoms with Crippen molar-refractivity contribution >= 4 is 31.1 Å². The molecule has 2 aromatic heterocycles. The van der Waals surface area contributed by atoms with Gasteiger partial charge in [0.25, 0.3) is 0 Å². The molecule has 45 heavy (non-hydrogen) atoms. The van der Waals surface area contributed by atoms with Crippen LogP contribution in [0.4, 0.5) is 0 Å². The van der Waals surface area contributed by atoms with Crippen molar-refractivity contribution in [2.75, 3.05) is 20.8 Å². The first-order valence-electron chi connectivity index (χ1n) is 15.0. The van der Waals surface area contributed by atoms with E-state index >= 15 is 0 Å². The summed E-state index contributed by atoms with van der Waals surface area (Å²) >= 11 is 6.35. The number of ether oxygens (including phenoxy) is 3. The zero-order valence-electron chi connectivity index (χ0n) is 27.0. The molecule has 2 heterocycles. The summed E-state index contributed by atoms with van der Waals surface area (Å²) in [7, 11) is 1.09. The fourth-order valence-electron chi connectivity index (χ4n) is 5.21. The van der Waals surface area contributed by atoms with Gasteiger partial charge in [0.05, 0.1) is 39.8 Å². The monoisotopic (exact) mass is 644 g/mol. The van der Waals surface area contributed by atoms with E-state index in [0.29, 0.717) is 22.9 Å². The van der Waals surface area contributed by atoms with E-state index in [4.69, 9.17) is 30.2 Å². The van der Waals surface area contributed by atoms with Crippen molar-refractivity contribution in [2.45, 2.75) is 57.2 Å². The van der Waals surface area contributed by atoms with E-state index in [1.54, 1.807) is 20.5 Å². The minimum Gasteiger partial charge on any atom is -0.497 e. The molecule has 10 heteroatoms. The topological polar surface area (TPSA) is 80.5 Å². The number of rotatable bonds is 12. The van der Waals surface area contributed by atoms with Gasteiger partial charge in [-0.05, 0) is 59.1 Å². The summed E-state index contributed by atoms with van der Waals surface area (Å²) in [4.78, 5) is 13.1. The summed E-state index contributed by atoms with van der Waals surface area (Å²) in [5, 5.41) is 0.301. The van der Waals surface area contributed by atoms with Gasteiger partial charge in [-0.1, -0.05) is 87.0 Å². The van der Waals surface area contributed by atoms with E-state index < -0.39 is 13.9 Å². The highest BCUT2D eigenvalue weighted by Gasteiger charge is 2.42. The molecule has 236 valence electrons. The number of hydrogen-bond acceptors (Lipinski definition) is 7. The lowest BCUT2D eigenvalue weighted by atomic mass is 9.80. The zero-order chi connectivity index (χ0) is 32.2. The van der Waals surface area contributed by atoms with E-state index in [1.165, 1.54) is 6.33 Å². The Bertz CT molecular complexity index is 1660. The molecule has 0 unspecified atom stereocenters. The normalized spacial score (nSPS) is 13.2. The van der Waals surface area contributed by atoms with Gasteiger partial charge < -0.3 is 23.2 Å². The van der Waals surface area contributed by atoms with E-state index in [9.17, 15) is 0 Å². The molecule has 0 aliphatic carbocycles. The van der Waals surface area contributed by atoms with Gasteiger partial charge in [-0.2, -0.15) is 0 Å². The van der Waals surface area contributed by atoms with E-state index in [1.807, 2.05) is 47.0 Å². The largest absolute Gasteiger partial charge is 0.497 e. The second-order valence-corrected chi connectivity index (χ2v) is 17.7. The molecule has 0 N–H and O–H groups in total. The van der Waals surface area contributed by atoms with Crippen LogP contribution >= 0.6 is 11.6 Å². The minimum absolute atomic E-state index is 0.0176. The van der Waals surface area contributed by atoms with Gasteiger partial charge in [-0.25, -0.2) is 15.0 Å². The Morgan fingerprint density at radius 3 is 1.87 bits per heavy atom. The average Bonchev–Trinajstić information content (AvgIpc) is 3.45. The van der Waals surface area contributed by atoms with Gasteiger partial charge in [-0.15, -0.1) is 0 Å². The van der Waals surface area contributed by atoms with Crippen LogP contribution in [0, 0.1) is 0 Å². The third kappa shape index (κ3) is 6.77. The predicted molar refractivity (Wildman–Crippen MR) is 181 cm³/mol. The van der Waals surface area contributed by atoms with Crippen LogP contribution in [-0.2, 0) is 21.3 Å². The Balaban J connectivity index is 1.62. The Kier molecular flexibility index (Phi) is 9.65. The van der Waals surface area contributed by atoms with E-state index in [-0.39, 0.29) is 17.7 Å². The smallest absolute Gasteiger partial charge is 0.192 e. The molecule has 1 atom stereocenters. The van der Waals surface area contributed by atoms with Crippen molar-refractivity contribution in [1.29, 1.82) is 0 Å². The van der Waals surface area contributed by atoms with Crippen LogP contribution in [0.25, 0.3) is 11.2 Å². The Labute approximate surface area is 271 Å².